The van der Waals surface area contributed by atoms with E-state index in [1.54, 1.807) is 0 Å². The van der Waals surface area contributed by atoms with Crippen LogP contribution in [0.2, 0.25) is 0 Å². The zero-order valence-electron chi connectivity index (χ0n) is 16.1. The Morgan fingerprint density at radius 2 is 1.71 bits per heavy atom. The second-order valence-corrected chi connectivity index (χ2v) is 8.04. The van der Waals surface area contributed by atoms with Gasteiger partial charge in [0.05, 0.1) is 10.9 Å². The predicted molar refractivity (Wildman–Crippen MR) is 111 cm³/mol. The summed E-state index contributed by atoms with van der Waals surface area (Å²) >= 11 is 0. The predicted octanol–water partition coefficient (Wildman–Crippen LogP) is 3.75. The maximum atomic E-state index is 12.9. The lowest BCUT2D eigenvalue weighted by molar-refractivity contribution is -0.143. The molecule has 28 heavy (non-hydrogen) atoms. The molecule has 0 aliphatic carbocycles. The van der Waals surface area contributed by atoms with E-state index in [4.69, 9.17) is 9.97 Å². The Kier molecular flexibility index (Phi) is 4.04. The van der Waals surface area contributed by atoms with E-state index in [0.717, 1.165) is 67.0 Å². The normalized spacial score (nSPS) is 22.4. The topological polar surface area (TPSA) is 49.3 Å². The largest absolute Gasteiger partial charge is 0.355 e. The van der Waals surface area contributed by atoms with Crippen LogP contribution in [-0.2, 0) is 4.79 Å². The van der Waals surface area contributed by atoms with Crippen LogP contribution in [0.15, 0.2) is 54.6 Å². The molecule has 5 heteroatoms. The minimum absolute atomic E-state index is 0.258. The number of carbonyl (C=O) groups excluding carboxylic acids is 1. The van der Waals surface area contributed by atoms with Crippen LogP contribution in [0.3, 0.4) is 0 Å². The number of aromatic nitrogens is 2. The van der Waals surface area contributed by atoms with Gasteiger partial charge in [-0.05, 0) is 31.4 Å². The van der Waals surface area contributed by atoms with E-state index in [0.29, 0.717) is 5.91 Å². The van der Waals surface area contributed by atoms with Crippen LogP contribution in [0.4, 0.5) is 5.82 Å². The van der Waals surface area contributed by atoms with Crippen molar-refractivity contribution in [2.24, 2.45) is 5.41 Å². The second kappa shape index (κ2) is 6.59. The van der Waals surface area contributed by atoms with E-state index < -0.39 is 0 Å². The van der Waals surface area contributed by atoms with Crippen molar-refractivity contribution in [1.29, 1.82) is 0 Å². The highest BCUT2D eigenvalue weighted by atomic mass is 16.2. The first-order chi connectivity index (χ1) is 13.7. The molecule has 1 atom stereocenters. The summed E-state index contributed by atoms with van der Waals surface area (Å²) in [5.41, 5.74) is 1.70. The van der Waals surface area contributed by atoms with Gasteiger partial charge in [-0.15, -0.1) is 0 Å². The van der Waals surface area contributed by atoms with Crippen LogP contribution < -0.4 is 4.90 Å². The molecule has 2 aliphatic rings. The summed E-state index contributed by atoms with van der Waals surface area (Å²) < 4.78 is 0. The SMILES string of the molecule is CN1CCCC2(CCN(c3nc(-c4ccccc4)nc4ccccc34)C2)C1=O. The molecule has 0 radical (unpaired) electrons. The van der Waals surface area contributed by atoms with Gasteiger partial charge in [0.15, 0.2) is 5.82 Å². The number of piperidine rings is 1. The lowest BCUT2D eigenvalue weighted by atomic mass is 9.78. The van der Waals surface area contributed by atoms with Gasteiger partial charge in [0.2, 0.25) is 5.91 Å². The van der Waals surface area contributed by atoms with Gasteiger partial charge in [-0.2, -0.15) is 0 Å². The van der Waals surface area contributed by atoms with E-state index in [-0.39, 0.29) is 5.41 Å². The fourth-order valence-electron chi connectivity index (χ4n) is 4.72. The molecule has 5 rings (SSSR count). The molecular weight excluding hydrogens is 348 g/mol. The van der Waals surface area contributed by atoms with E-state index in [2.05, 4.69) is 11.0 Å². The third kappa shape index (κ3) is 2.73. The molecule has 0 saturated carbocycles. The van der Waals surface area contributed by atoms with Crippen LogP contribution in [0.1, 0.15) is 19.3 Å². The number of nitrogens with zero attached hydrogens (tertiary/aromatic N) is 4. The number of hydrogen-bond donors (Lipinski definition) is 0. The molecule has 1 spiro atoms. The molecule has 5 nitrogen and oxygen atoms in total. The molecule has 3 aromatic rings. The van der Waals surface area contributed by atoms with Gasteiger partial charge < -0.3 is 9.80 Å². The summed E-state index contributed by atoms with van der Waals surface area (Å²) in [4.78, 5) is 26.9. The van der Waals surface area contributed by atoms with Gasteiger partial charge in [-0.1, -0.05) is 42.5 Å². The van der Waals surface area contributed by atoms with Gasteiger partial charge in [-0.25, -0.2) is 9.97 Å². The maximum absolute atomic E-state index is 12.9. The van der Waals surface area contributed by atoms with Crippen LogP contribution in [-0.4, -0.2) is 47.5 Å². The zero-order valence-corrected chi connectivity index (χ0v) is 16.1. The monoisotopic (exact) mass is 372 g/mol. The number of benzene rings is 2. The van der Waals surface area contributed by atoms with Crippen molar-refractivity contribution in [1.82, 2.24) is 14.9 Å². The van der Waals surface area contributed by atoms with Crippen molar-refractivity contribution in [2.45, 2.75) is 19.3 Å². The first kappa shape index (κ1) is 17.2. The molecule has 1 aromatic heterocycles. The Hall–Kier alpha value is -2.95. The Labute approximate surface area is 165 Å². The molecular formula is C23H24N4O. The molecule has 2 fully saturated rings. The van der Waals surface area contributed by atoms with Gasteiger partial charge in [-0.3, -0.25) is 4.79 Å². The summed E-state index contributed by atoms with van der Waals surface area (Å²) in [5, 5.41) is 1.05. The highest BCUT2D eigenvalue weighted by Gasteiger charge is 2.48. The van der Waals surface area contributed by atoms with Gasteiger partial charge >= 0.3 is 0 Å². The van der Waals surface area contributed by atoms with Crippen molar-refractivity contribution < 1.29 is 4.79 Å². The van der Waals surface area contributed by atoms with Crippen molar-refractivity contribution >= 4 is 22.6 Å². The van der Waals surface area contributed by atoms with Crippen LogP contribution in [0.25, 0.3) is 22.3 Å². The Balaban J connectivity index is 1.58. The number of para-hydroxylation sites is 1. The molecule has 2 aromatic carbocycles. The second-order valence-electron chi connectivity index (χ2n) is 8.04. The smallest absolute Gasteiger partial charge is 0.230 e. The molecule has 0 N–H and O–H groups in total. The summed E-state index contributed by atoms with van der Waals surface area (Å²) in [6.07, 6.45) is 2.95. The number of anilines is 1. The van der Waals surface area contributed by atoms with Gasteiger partial charge in [0, 0.05) is 37.6 Å². The molecule has 2 aliphatic heterocycles. The highest BCUT2D eigenvalue weighted by molar-refractivity contribution is 5.92. The van der Waals surface area contributed by atoms with Crippen LogP contribution >= 0.6 is 0 Å². The lowest BCUT2D eigenvalue weighted by Gasteiger charge is -2.37. The molecule has 1 amide bonds. The van der Waals surface area contributed by atoms with Gasteiger partial charge in [0.25, 0.3) is 0 Å². The minimum atomic E-state index is -0.258. The fraction of sp³-hybridized carbons (Fsp3) is 0.348. The average Bonchev–Trinajstić information content (AvgIpc) is 3.17. The van der Waals surface area contributed by atoms with E-state index in [1.807, 2.05) is 60.5 Å². The van der Waals surface area contributed by atoms with Gasteiger partial charge in [0.1, 0.15) is 5.82 Å². The number of fused-ring (bicyclic) bond motifs is 1. The van der Waals surface area contributed by atoms with Crippen molar-refractivity contribution in [3.63, 3.8) is 0 Å². The standard InChI is InChI=1S/C23H24N4O/c1-26-14-7-12-23(22(26)28)13-15-27(16-23)21-18-10-5-6-11-19(18)24-20(25-21)17-8-3-2-4-9-17/h2-6,8-11H,7,12-16H2,1H3. The summed E-state index contributed by atoms with van der Waals surface area (Å²) in [6, 6.07) is 18.3. The minimum Gasteiger partial charge on any atom is -0.355 e. The molecule has 1 unspecified atom stereocenters. The maximum Gasteiger partial charge on any atom is 0.230 e. The number of carbonyl (C=O) groups is 1. The number of likely N-dealkylation sites (tertiary alicyclic amines) is 1. The summed E-state index contributed by atoms with van der Waals surface area (Å²) in [7, 11) is 1.93. The van der Waals surface area contributed by atoms with E-state index in [9.17, 15) is 4.79 Å². The first-order valence-corrected chi connectivity index (χ1v) is 9.99. The average molecular weight is 372 g/mol. The van der Waals surface area contributed by atoms with Crippen LogP contribution in [0.5, 0.6) is 0 Å². The Morgan fingerprint density at radius 1 is 0.929 bits per heavy atom. The summed E-state index contributed by atoms with van der Waals surface area (Å²) in [6.45, 7) is 2.47. The highest BCUT2D eigenvalue weighted by Crippen LogP contribution is 2.42. The van der Waals surface area contributed by atoms with Crippen molar-refractivity contribution in [3.05, 3.63) is 54.6 Å². The van der Waals surface area contributed by atoms with Crippen LogP contribution in [0, 0.1) is 5.41 Å². The Morgan fingerprint density at radius 3 is 2.57 bits per heavy atom. The molecule has 3 heterocycles. The van der Waals surface area contributed by atoms with E-state index in [1.165, 1.54) is 0 Å². The molecule has 142 valence electrons. The third-order valence-corrected chi connectivity index (χ3v) is 6.22. The first-order valence-electron chi connectivity index (χ1n) is 9.99. The number of hydrogen-bond acceptors (Lipinski definition) is 4. The molecule has 0 bridgehead atoms. The van der Waals surface area contributed by atoms with Crippen molar-refractivity contribution in [2.75, 3.05) is 31.6 Å². The number of rotatable bonds is 2. The van der Waals surface area contributed by atoms with Crippen molar-refractivity contribution in [3.8, 4) is 11.4 Å². The lowest BCUT2D eigenvalue weighted by Crippen LogP contribution is -2.48. The zero-order chi connectivity index (χ0) is 19.1. The summed E-state index contributed by atoms with van der Waals surface area (Å²) in [5.74, 6) is 1.98. The fourth-order valence-corrected chi connectivity index (χ4v) is 4.72. The molecule has 2 saturated heterocycles. The third-order valence-electron chi connectivity index (χ3n) is 6.22. The Bertz CT molecular complexity index is 1040. The van der Waals surface area contributed by atoms with E-state index >= 15 is 0 Å². The quantitative estimate of drug-likeness (QED) is 0.687. The number of amides is 1.